The Kier molecular flexibility index (Phi) is 16.6. The first-order chi connectivity index (χ1) is 25.7. The molecule has 3 aromatic carbocycles. The van der Waals surface area contributed by atoms with Crippen LogP contribution >= 0.6 is 7.60 Å². The second-order valence-corrected chi connectivity index (χ2v) is 14.6. The summed E-state index contributed by atoms with van der Waals surface area (Å²) in [5.74, 6) is -3.52. The van der Waals surface area contributed by atoms with Crippen molar-refractivity contribution in [1.29, 1.82) is 0 Å². The lowest BCUT2D eigenvalue weighted by Crippen LogP contribution is -2.55. The zero-order chi connectivity index (χ0) is 39.7. The molecule has 54 heavy (non-hydrogen) atoms. The summed E-state index contributed by atoms with van der Waals surface area (Å²) < 4.78 is 42.5. The Labute approximate surface area is 314 Å². The zero-order valence-corrected chi connectivity index (χ0v) is 31.5. The summed E-state index contributed by atoms with van der Waals surface area (Å²) in [6.45, 7) is 3.54. The average molecular weight is 770 g/mol. The molecule has 292 valence electrons. The third kappa shape index (κ3) is 14.3. The minimum absolute atomic E-state index is 0.0842. The Balaban J connectivity index is 1.91. The number of carbonyl (C=O) groups excluding carboxylic acids is 5. The van der Waals surface area contributed by atoms with Crippen LogP contribution in [0, 0.1) is 5.92 Å². The van der Waals surface area contributed by atoms with Gasteiger partial charge in [0.15, 0.2) is 5.78 Å². The molecule has 5 amide bonds. The monoisotopic (exact) mass is 769 g/mol. The van der Waals surface area contributed by atoms with Crippen molar-refractivity contribution in [3.63, 3.8) is 0 Å². The number of alkyl carbamates (subject to hydrolysis) is 1. The van der Waals surface area contributed by atoms with Gasteiger partial charge in [-0.3, -0.25) is 19.2 Å². The molecule has 7 N–H and O–H groups in total. The Hall–Kier alpha value is -5.76. The molecule has 17 heteroatoms. The Bertz CT molecular complexity index is 1690. The number of amides is 5. The van der Waals surface area contributed by atoms with Crippen LogP contribution in [0.2, 0.25) is 0 Å². The van der Waals surface area contributed by atoms with Crippen molar-refractivity contribution in [3.8, 4) is 23.0 Å². The third-order valence-corrected chi connectivity index (χ3v) is 9.86. The van der Waals surface area contributed by atoms with Crippen molar-refractivity contribution in [2.75, 3.05) is 14.2 Å². The first-order valence-corrected chi connectivity index (χ1v) is 18.7. The van der Waals surface area contributed by atoms with Gasteiger partial charge in [0.2, 0.25) is 23.6 Å². The van der Waals surface area contributed by atoms with Crippen LogP contribution in [0.15, 0.2) is 78.9 Å². The van der Waals surface area contributed by atoms with Crippen LogP contribution in [-0.2, 0) is 35.1 Å². The maximum atomic E-state index is 14.9. The highest BCUT2D eigenvalue weighted by molar-refractivity contribution is 7.55. The minimum atomic E-state index is -4.49. The number of nitrogens with two attached hydrogens (primary N) is 2. The molecular weight excluding hydrogens is 721 g/mol. The molecule has 3 atom stereocenters. The molecule has 3 rings (SSSR count). The number of primary amides is 2. The molecule has 0 aliphatic rings. The lowest BCUT2D eigenvalue weighted by Gasteiger charge is -2.30. The highest BCUT2D eigenvalue weighted by atomic mass is 31.2. The average Bonchev–Trinajstić information content (AvgIpc) is 3.14. The van der Waals surface area contributed by atoms with E-state index in [1.54, 1.807) is 54.6 Å². The molecule has 3 unspecified atom stereocenters. The zero-order valence-electron chi connectivity index (χ0n) is 30.7. The van der Waals surface area contributed by atoms with Gasteiger partial charge in [-0.1, -0.05) is 44.2 Å². The van der Waals surface area contributed by atoms with Gasteiger partial charge in [0, 0.05) is 12.8 Å². The van der Waals surface area contributed by atoms with Crippen LogP contribution in [0.5, 0.6) is 23.0 Å². The Morgan fingerprint density at radius 3 is 1.61 bits per heavy atom. The van der Waals surface area contributed by atoms with Gasteiger partial charge >= 0.3 is 13.7 Å². The fourth-order valence-corrected chi connectivity index (χ4v) is 6.86. The summed E-state index contributed by atoms with van der Waals surface area (Å²) in [5, 5.41) is 7.74. The maximum absolute atomic E-state index is 14.9. The molecule has 0 spiro atoms. The fraction of sp³-hybridized carbons (Fsp3) is 0.378. The van der Waals surface area contributed by atoms with E-state index in [0.717, 1.165) is 0 Å². The predicted molar refractivity (Wildman–Crippen MR) is 199 cm³/mol. The predicted octanol–water partition coefficient (Wildman–Crippen LogP) is 4.15. The normalized spacial score (nSPS) is 12.7. The third-order valence-electron chi connectivity index (χ3n) is 7.78. The van der Waals surface area contributed by atoms with E-state index in [9.17, 15) is 28.5 Å². The number of rotatable bonds is 22. The number of hydrogen-bond donors (Lipinski definition) is 5. The van der Waals surface area contributed by atoms with Gasteiger partial charge in [0.1, 0.15) is 41.7 Å². The van der Waals surface area contributed by atoms with Crippen molar-refractivity contribution in [2.24, 2.45) is 17.4 Å². The van der Waals surface area contributed by atoms with E-state index in [4.69, 9.17) is 34.7 Å². The molecule has 0 saturated carbocycles. The minimum Gasteiger partial charge on any atom is -0.497 e. The van der Waals surface area contributed by atoms with E-state index in [0.29, 0.717) is 17.1 Å². The van der Waals surface area contributed by atoms with Gasteiger partial charge < -0.3 is 50.7 Å². The van der Waals surface area contributed by atoms with Crippen LogP contribution < -0.4 is 45.9 Å². The second kappa shape index (κ2) is 21.1. The van der Waals surface area contributed by atoms with Gasteiger partial charge in [-0.05, 0) is 79.3 Å². The van der Waals surface area contributed by atoms with E-state index in [1.165, 1.54) is 38.5 Å². The summed E-state index contributed by atoms with van der Waals surface area (Å²) in [4.78, 5) is 64.0. The standard InChI is InChI=1S/C37H48N5O11P/c1-24(2)22-31(40-35(45)30(18-19-32(38)43)41-37(47)51-23-25-8-6-5-7-9-25)36(46)42-34(21-20-33(39)44)54(48,52-28-14-10-26(49-3)11-15-28)53-29-16-12-27(50-4)13-17-29/h5-17,24,30-31,34H,18-23H2,1-4H3,(H2,38,43)(H2,39,44)(H,40,45)(H,41,47)(H,42,46). The lowest BCUT2D eigenvalue weighted by molar-refractivity contribution is -0.130. The van der Waals surface area contributed by atoms with E-state index >= 15 is 0 Å². The molecule has 0 aliphatic carbocycles. The maximum Gasteiger partial charge on any atom is 0.452 e. The number of methoxy groups -OCH3 is 2. The van der Waals surface area contributed by atoms with Crippen molar-refractivity contribution in [3.05, 3.63) is 84.4 Å². The summed E-state index contributed by atoms with van der Waals surface area (Å²) in [7, 11) is -1.54. The van der Waals surface area contributed by atoms with Crippen LogP contribution in [0.3, 0.4) is 0 Å². The molecule has 0 bridgehead atoms. The molecule has 16 nitrogen and oxygen atoms in total. The first-order valence-electron chi connectivity index (χ1n) is 17.1. The molecule has 0 heterocycles. The van der Waals surface area contributed by atoms with Crippen molar-refractivity contribution >= 4 is 37.3 Å². The molecular formula is C37H48N5O11P. The number of nitrogens with one attached hydrogen (secondary N) is 3. The van der Waals surface area contributed by atoms with Gasteiger partial charge in [-0.25, -0.2) is 9.36 Å². The largest absolute Gasteiger partial charge is 0.497 e. The molecule has 0 saturated heterocycles. The van der Waals surface area contributed by atoms with Crippen molar-refractivity contribution < 1.29 is 51.8 Å². The van der Waals surface area contributed by atoms with Crippen LogP contribution in [0.1, 0.15) is 51.5 Å². The topological polar surface area (TPSA) is 237 Å². The highest BCUT2D eigenvalue weighted by Gasteiger charge is 2.42. The number of ether oxygens (including phenoxy) is 3. The van der Waals surface area contributed by atoms with Gasteiger partial charge in [0.05, 0.1) is 14.2 Å². The number of benzene rings is 3. The Morgan fingerprint density at radius 1 is 0.648 bits per heavy atom. The summed E-state index contributed by atoms with van der Waals surface area (Å²) in [6.07, 6.45) is -1.90. The van der Waals surface area contributed by atoms with Crippen molar-refractivity contribution in [1.82, 2.24) is 16.0 Å². The summed E-state index contributed by atoms with van der Waals surface area (Å²) >= 11 is 0. The second-order valence-electron chi connectivity index (χ2n) is 12.6. The van der Waals surface area contributed by atoms with Gasteiger partial charge in [-0.2, -0.15) is 0 Å². The van der Waals surface area contributed by atoms with Crippen molar-refractivity contribution in [2.45, 2.75) is 70.4 Å². The molecule has 0 aromatic heterocycles. The van der Waals surface area contributed by atoms with Crippen LogP contribution in [0.4, 0.5) is 4.79 Å². The van der Waals surface area contributed by atoms with Gasteiger partial charge in [-0.15, -0.1) is 0 Å². The van der Waals surface area contributed by atoms with E-state index in [2.05, 4.69) is 16.0 Å². The van der Waals surface area contributed by atoms with Gasteiger partial charge in [0.25, 0.3) is 0 Å². The first kappa shape index (κ1) is 42.7. The summed E-state index contributed by atoms with van der Waals surface area (Å²) in [6, 6.07) is 18.5. The highest BCUT2D eigenvalue weighted by Crippen LogP contribution is 2.53. The summed E-state index contributed by atoms with van der Waals surface area (Å²) in [5.41, 5.74) is 11.5. The molecule has 0 radical (unpaired) electrons. The Morgan fingerprint density at radius 2 is 1.13 bits per heavy atom. The quantitative estimate of drug-likeness (QED) is 0.0910. The molecule has 0 aliphatic heterocycles. The van der Waals surface area contributed by atoms with E-state index < -0.39 is 55.2 Å². The van der Waals surface area contributed by atoms with Crippen LogP contribution in [0.25, 0.3) is 0 Å². The number of hydrogen-bond acceptors (Lipinski definition) is 11. The number of carbonyl (C=O) groups is 5. The smallest absolute Gasteiger partial charge is 0.452 e. The van der Waals surface area contributed by atoms with E-state index in [-0.39, 0.29) is 56.1 Å². The van der Waals surface area contributed by atoms with E-state index in [1.807, 2.05) is 13.8 Å². The fourth-order valence-electron chi connectivity index (χ4n) is 5.00. The SMILES string of the molecule is COc1ccc(OP(=O)(Oc2ccc(OC)cc2)C(CCC(N)=O)NC(=O)C(CC(C)C)NC(=O)C(CCC(N)=O)NC(=O)OCc2ccccc2)cc1. The lowest BCUT2D eigenvalue weighted by atomic mass is 10.0. The molecule has 3 aromatic rings. The van der Waals surface area contributed by atoms with Crippen LogP contribution in [-0.4, -0.2) is 61.8 Å². The molecule has 0 fully saturated rings.